The summed E-state index contributed by atoms with van der Waals surface area (Å²) in [6, 6.07) is 0. The van der Waals surface area contributed by atoms with Gasteiger partial charge in [-0.05, 0) is 5.92 Å². The highest BCUT2D eigenvalue weighted by molar-refractivity contribution is 5.96. The minimum Gasteiger partial charge on any atom is -0.396 e. The maximum atomic E-state index is 11.7. The fraction of sp³-hybridized carbons (Fsp3) is 0.636. The molecule has 0 spiro atoms. The SMILES string of the molecule is CCC(CC)C(O)CNC(=O)c1[nH]ncc1N. The Labute approximate surface area is 101 Å². The Morgan fingerprint density at radius 2 is 2.24 bits per heavy atom. The lowest BCUT2D eigenvalue weighted by molar-refractivity contribution is 0.0813. The van der Waals surface area contributed by atoms with Crippen molar-refractivity contribution in [3.8, 4) is 0 Å². The molecule has 1 rings (SSSR count). The van der Waals surface area contributed by atoms with Crippen LogP contribution in [0.25, 0.3) is 0 Å². The van der Waals surface area contributed by atoms with Gasteiger partial charge in [-0.15, -0.1) is 0 Å². The van der Waals surface area contributed by atoms with E-state index in [2.05, 4.69) is 15.5 Å². The summed E-state index contributed by atoms with van der Waals surface area (Å²) in [5, 5.41) is 18.7. The van der Waals surface area contributed by atoms with Crippen molar-refractivity contribution < 1.29 is 9.90 Å². The highest BCUT2D eigenvalue weighted by Gasteiger charge is 2.18. The van der Waals surface area contributed by atoms with E-state index in [0.29, 0.717) is 5.69 Å². The van der Waals surface area contributed by atoms with Crippen molar-refractivity contribution in [1.82, 2.24) is 15.5 Å². The van der Waals surface area contributed by atoms with Crippen LogP contribution in [0.2, 0.25) is 0 Å². The second-order valence-electron chi connectivity index (χ2n) is 4.05. The number of aliphatic hydroxyl groups is 1. The van der Waals surface area contributed by atoms with Gasteiger partial charge in [0.2, 0.25) is 0 Å². The zero-order valence-corrected chi connectivity index (χ0v) is 10.2. The lowest BCUT2D eigenvalue weighted by atomic mass is 9.96. The van der Waals surface area contributed by atoms with Crippen LogP contribution in [-0.4, -0.2) is 33.9 Å². The summed E-state index contributed by atoms with van der Waals surface area (Å²) in [5.74, 6) is -0.139. The Bertz CT molecular complexity index is 360. The minimum absolute atomic E-state index is 0.203. The van der Waals surface area contributed by atoms with Gasteiger partial charge in [0.05, 0.1) is 18.0 Å². The number of hydrogen-bond acceptors (Lipinski definition) is 4. The van der Waals surface area contributed by atoms with Gasteiger partial charge in [-0.25, -0.2) is 0 Å². The minimum atomic E-state index is -0.530. The summed E-state index contributed by atoms with van der Waals surface area (Å²) < 4.78 is 0. The van der Waals surface area contributed by atoms with E-state index in [-0.39, 0.29) is 24.1 Å². The van der Waals surface area contributed by atoms with Gasteiger partial charge in [0.1, 0.15) is 5.69 Å². The third-order valence-corrected chi connectivity index (χ3v) is 2.96. The third-order valence-electron chi connectivity index (χ3n) is 2.96. The summed E-state index contributed by atoms with van der Waals surface area (Å²) in [5.41, 5.74) is 6.09. The number of nitrogens with one attached hydrogen (secondary N) is 2. The summed E-state index contributed by atoms with van der Waals surface area (Å²) in [6.45, 7) is 4.27. The molecule has 96 valence electrons. The first-order valence-corrected chi connectivity index (χ1v) is 5.85. The van der Waals surface area contributed by atoms with E-state index in [4.69, 9.17) is 5.73 Å². The molecule has 0 aromatic carbocycles. The van der Waals surface area contributed by atoms with Gasteiger partial charge in [0.25, 0.3) is 5.91 Å². The number of aromatic nitrogens is 2. The highest BCUT2D eigenvalue weighted by atomic mass is 16.3. The fourth-order valence-corrected chi connectivity index (χ4v) is 1.76. The summed E-state index contributed by atoms with van der Waals surface area (Å²) in [6.07, 6.45) is 2.63. The van der Waals surface area contributed by atoms with Crippen molar-refractivity contribution in [1.29, 1.82) is 0 Å². The van der Waals surface area contributed by atoms with Crippen LogP contribution in [0.1, 0.15) is 37.2 Å². The molecular weight excluding hydrogens is 220 g/mol. The molecule has 6 heteroatoms. The lowest BCUT2D eigenvalue weighted by Gasteiger charge is -2.20. The van der Waals surface area contributed by atoms with Crippen LogP contribution in [0.15, 0.2) is 6.20 Å². The maximum absolute atomic E-state index is 11.7. The largest absolute Gasteiger partial charge is 0.396 e. The van der Waals surface area contributed by atoms with Gasteiger partial charge in [-0.3, -0.25) is 9.89 Å². The van der Waals surface area contributed by atoms with Gasteiger partial charge in [-0.2, -0.15) is 5.10 Å². The Kier molecular flexibility index (Phi) is 4.96. The number of nitrogens with zero attached hydrogens (tertiary/aromatic N) is 1. The van der Waals surface area contributed by atoms with Gasteiger partial charge in [0, 0.05) is 6.54 Å². The van der Waals surface area contributed by atoms with Gasteiger partial charge in [-0.1, -0.05) is 26.7 Å². The smallest absolute Gasteiger partial charge is 0.271 e. The molecule has 6 nitrogen and oxygen atoms in total. The van der Waals surface area contributed by atoms with Gasteiger partial charge < -0.3 is 16.2 Å². The number of anilines is 1. The van der Waals surface area contributed by atoms with Crippen molar-refractivity contribution in [2.45, 2.75) is 32.8 Å². The van der Waals surface area contributed by atoms with E-state index in [9.17, 15) is 9.90 Å². The predicted octanol–water partition coefficient (Wildman–Crippen LogP) is 0.519. The molecule has 1 amide bonds. The topological polar surface area (TPSA) is 104 Å². The number of rotatable bonds is 6. The predicted molar refractivity (Wildman–Crippen MR) is 65.4 cm³/mol. The molecule has 0 bridgehead atoms. The lowest BCUT2D eigenvalue weighted by Crippen LogP contribution is -2.36. The molecule has 1 aromatic rings. The molecule has 1 unspecified atom stereocenters. The number of aromatic amines is 1. The molecule has 1 heterocycles. The van der Waals surface area contributed by atoms with Crippen molar-refractivity contribution >= 4 is 11.6 Å². The van der Waals surface area contributed by atoms with Crippen LogP contribution in [-0.2, 0) is 0 Å². The molecule has 0 aliphatic heterocycles. The molecular formula is C11H20N4O2. The number of nitrogens with two attached hydrogens (primary N) is 1. The van der Waals surface area contributed by atoms with Gasteiger partial charge >= 0.3 is 0 Å². The van der Waals surface area contributed by atoms with Gasteiger partial charge in [0.15, 0.2) is 0 Å². The van der Waals surface area contributed by atoms with Crippen LogP contribution in [0.4, 0.5) is 5.69 Å². The van der Waals surface area contributed by atoms with Crippen LogP contribution in [0.5, 0.6) is 0 Å². The number of carbonyl (C=O) groups is 1. The Morgan fingerprint density at radius 3 is 2.71 bits per heavy atom. The Balaban J connectivity index is 2.46. The van der Waals surface area contributed by atoms with E-state index >= 15 is 0 Å². The molecule has 0 saturated carbocycles. The molecule has 1 aromatic heterocycles. The number of amides is 1. The zero-order chi connectivity index (χ0) is 12.8. The average Bonchev–Trinajstić information content (AvgIpc) is 2.74. The molecule has 0 saturated heterocycles. The van der Waals surface area contributed by atoms with E-state index < -0.39 is 6.10 Å². The van der Waals surface area contributed by atoms with Crippen molar-refractivity contribution in [2.24, 2.45) is 5.92 Å². The number of nitrogen functional groups attached to an aromatic ring is 1. The second kappa shape index (κ2) is 6.24. The van der Waals surface area contributed by atoms with Crippen LogP contribution < -0.4 is 11.1 Å². The van der Waals surface area contributed by atoms with Crippen molar-refractivity contribution in [2.75, 3.05) is 12.3 Å². The standard InChI is InChI=1S/C11H20N4O2/c1-3-7(4-2)9(16)6-13-11(17)10-8(12)5-14-15-10/h5,7,9,16H,3-4,6,12H2,1-2H3,(H,13,17)(H,14,15). The van der Waals surface area contributed by atoms with Crippen molar-refractivity contribution in [3.05, 3.63) is 11.9 Å². The number of H-pyrrole nitrogens is 1. The highest BCUT2D eigenvalue weighted by Crippen LogP contribution is 2.12. The molecule has 17 heavy (non-hydrogen) atoms. The van der Waals surface area contributed by atoms with E-state index in [0.717, 1.165) is 12.8 Å². The Hall–Kier alpha value is -1.56. The summed E-state index contributed by atoms with van der Waals surface area (Å²) in [4.78, 5) is 11.7. The van der Waals surface area contributed by atoms with E-state index in [1.165, 1.54) is 6.20 Å². The first-order valence-electron chi connectivity index (χ1n) is 5.85. The molecule has 0 fully saturated rings. The molecule has 0 aliphatic rings. The van der Waals surface area contributed by atoms with E-state index in [1.807, 2.05) is 13.8 Å². The maximum Gasteiger partial charge on any atom is 0.271 e. The third kappa shape index (κ3) is 3.45. The molecule has 0 aliphatic carbocycles. The fourth-order valence-electron chi connectivity index (χ4n) is 1.76. The first-order chi connectivity index (χ1) is 8.10. The Morgan fingerprint density at radius 1 is 1.59 bits per heavy atom. The monoisotopic (exact) mass is 240 g/mol. The first kappa shape index (κ1) is 13.5. The second-order valence-corrected chi connectivity index (χ2v) is 4.05. The summed E-state index contributed by atoms with van der Waals surface area (Å²) in [7, 11) is 0. The van der Waals surface area contributed by atoms with Crippen molar-refractivity contribution in [3.63, 3.8) is 0 Å². The van der Waals surface area contributed by atoms with E-state index in [1.54, 1.807) is 0 Å². The number of hydrogen-bond donors (Lipinski definition) is 4. The average molecular weight is 240 g/mol. The molecule has 5 N–H and O–H groups in total. The van der Waals surface area contributed by atoms with Crippen LogP contribution in [0, 0.1) is 5.92 Å². The number of aliphatic hydroxyl groups excluding tert-OH is 1. The summed E-state index contributed by atoms with van der Waals surface area (Å²) >= 11 is 0. The molecule has 0 radical (unpaired) electrons. The zero-order valence-electron chi connectivity index (χ0n) is 10.2. The normalized spacial score (nSPS) is 12.7. The quantitative estimate of drug-likeness (QED) is 0.581. The van der Waals surface area contributed by atoms with Crippen LogP contribution >= 0.6 is 0 Å². The molecule has 1 atom stereocenters. The number of carbonyl (C=O) groups excluding carboxylic acids is 1. The van der Waals surface area contributed by atoms with Crippen LogP contribution in [0.3, 0.4) is 0 Å².